The molecule has 0 saturated carbocycles. The molecule has 0 unspecified atom stereocenters. The summed E-state index contributed by atoms with van der Waals surface area (Å²) >= 11 is 1.14. The van der Waals surface area contributed by atoms with E-state index in [0.717, 1.165) is 17.3 Å². The molecule has 22 heavy (non-hydrogen) atoms. The molecule has 0 radical (unpaired) electrons. The van der Waals surface area contributed by atoms with Crippen LogP contribution >= 0.6 is 11.8 Å². The second-order valence-corrected chi connectivity index (χ2v) is 5.58. The van der Waals surface area contributed by atoms with Crippen LogP contribution in [0.25, 0.3) is 0 Å². The molecule has 118 valence electrons. The van der Waals surface area contributed by atoms with Crippen molar-refractivity contribution in [1.82, 2.24) is 9.97 Å². The van der Waals surface area contributed by atoms with E-state index in [1.54, 1.807) is 19.1 Å². The van der Waals surface area contributed by atoms with Crippen LogP contribution in [-0.4, -0.2) is 32.8 Å². The molecule has 1 aromatic carbocycles. The van der Waals surface area contributed by atoms with Gasteiger partial charge < -0.3 is 15.5 Å². The number of aliphatic hydroxyl groups excluding tert-OH is 1. The predicted octanol–water partition coefficient (Wildman–Crippen LogP) is 2.55. The van der Waals surface area contributed by atoms with Gasteiger partial charge in [-0.25, -0.2) is 9.37 Å². The van der Waals surface area contributed by atoms with Gasteiger partial charge in [-0.05, 0) is 24.6 Å². The Labute approximate surface area is 130 Å². The highest BCUT2D eigenvalue weighted by molar-refractivity contribution is 7.98. The summed E-state index contributed by atoms with van der Waals surface area (Å²) in [4.78, 5) is 7.60. The number of halogens is 2. The zero-order valence-corrected chi connectivity index (χ0v) is 12.6. The summed E-state index contributed by atoms with van der Waals surface area (Å²) in [6.45, 7) is 1.42. The summed E-state index contributed by atoms with van der Waals surface area (Å²) in [5.74, 6) is -1.91. The fourth-order valence-corrected chi connectivity index (χ4v) is 2.41. The second-order valence-electron chi connectivity index (χ2n) is 4.64. The van der Waals surface area contributed by atoms with Crippen LogP contribution in [0.3, 0.4) is 0 Å². The number of aliphatic hydroxyl groups is 1. The Kier molecular flexibility index (Phi) is 5.51. The lowest BCUT2D eigenvalue weighted by atomic mass is 10.2. The van der Waals surface area contributed by atoms with Crippen LogP contribution in [0.2, 0.25) is 0 Å². The molecule has 0 bridgehead atoms. The SMILES string of the molecule is C[C@H](CO)Nc1nc(SCc2cccc(F)c2)nc(O)c1F. The van der Waals surface area contributed by atoms with Gasteiger partial charge >= 0.3 is 0 Å². The number of aromatic nitrogens is 2. The molecule has 0 aliphatic rings. The van der Waals surface area contributed by atoms with Gasteiger partial charge in [-0.15, -0.1) is 0 Å². The molecule has 5 nitrogen and oxygen atoms in total. The Hall–Kier alpha value is -1.93. The maximum Gasteiger partial charge on any atom is 0.254 e. The highest BCUT2D eigenvalue weighted by Gasteiger charge is 2.15. The molecule has 0 aliphatic carbocycles. The molecule has 0 amide bonds. The molecule has 2 aromatic rings. The molecule has 0 saturated heterocycles. The van der Waals surface area contributed by atoms with E-state index < -0.39 is 17.7 Å². The number of nitrogens with one attached hydrogen (secondary N) is 1. The third-order valence-electron chi connectivity index (χ3n) is 2.73. The first-order valence-corrected chi connectivity index (χ1v) is 7.49. The van der Waals surface area contributed by atoms with E-state index in [1.807, 2.05) is 0 Å². The third kappa shape index (κ3) is 4.28. The molecule has 8 heteroatoms. The van der Waals surface area contributed by atoms with Crippen molar-refractivity contribution >= 4 is 17.6 Å². The number of aromatic hydroxyl groups is 1. The van der Waals surface area contributed by atoms with Crippen molar-refractivity contribution in [1.29, 1.82) is 0 Å². The fraction of sp³-hybridized carbons (Fsp3) is 0.286. The van der Waals surface area contributed by atoms with Crippen molar-refractivity contribution in [3.63, 3.8) is 0 Å². The monoisotopic (exact) mass is 327 g/mol. The lowest BCUT2D eigenvalue weighted by Gasteiger charge is -2.13. The molecule has 1 heterocycles. The van der Waals surface area contributed by atoms with Crippen molar-refractivity contribution in [3.8, 4) is 5.88 Å². The third-order valence-corrected chi connectivity index (χ3v) is 3.65. The molecule has 1 atom stereocenters. The van der Waals surface area contributed by atoms with Gasteiger partial charge in [0.25, 0.3) is 5.88 Å². The minimum Gasteiger partial charge on any atom is -0.491 e. The van der Waals surface area contributed by atoms with E-state index in [1.165, 1.54) is 12.1 Å². The molecule has 3 N–H and O–H groups in total. The van der Waals surface area contributed by atoms with E-state index in [-0.39, 0.29) is 23.4 Å². The molecule has 0 fully saturated rings. The van der Waals surface area contributed by atoms with Gasteiger partial charge in [0.05, 0.1) is 6.61 Å². The van der Waals surface area contributed by atoms with E-state index in [0.29, 0.717) is 5.75 Å². The van der Waals surface area contributed by atoms with Gasteiger partial charge in [-0.2, -0.15) is 9.37 Å². The van der Waals surface area contributed by atoms with Crippen LogP contribution in [-0.2, 0) is 5.75 Å². The number of benzene rings is 1. The van der Waals surface area contributed by atoms with E-state index in [4.69, 9.17) is 5.11 Å². The Morgan fingerprint density at radius 2 is 2.09 bits per heavy atom. The van der Waals surface area contributed by atoms with Gasteiger partial charge in [-0.1, -0.05) is 23.9 Å². The van der Waals surface area contributed by atoms with Crippen molar-refractivity contribution in [2.24, 2.45) is 0 Å². The minimum absolute atomic E-state index is 0.149. The molecule has 0 aliphatic heterocycles. The highest BCUT2D eigenvalue weighted by atomic mass is 32.2. The highest BCUT2D eigenvalue weighted by Crippen LogP contribution is 2.26. The second kappa shape index (κ2) is 7.37. The van der Waals surface area contributed by atoms with Crippen LogP contribution in [0, 0.1) is 11.6 Å². The molecule has 2 rings (SSSR count). The van der Waals surface area contributed by atoms with E-state index in [9.17, 15) is 13.9 Å². The summed E-state index contributed by atoms with van der Waals surface area (Å²) < 4.78 is 26.8. The first-order valence-electron chi connectivity index (χ1n) is 6.50. The molecule has 1 aromatic heterocycles. The number of rotatable bonds is 6. The average molecular weight is 327 g/mol. The molecular formula is C14H15F2N3O2S. The van der Waals surface area contributed by atoms with E-state index >= 15 is 0 Å². The predicted molar refractivity (Wildman–Crippen MR) is 79.8 cm³/mol. The lowest BCUT2D eigenvalue weighted by molar-refractivity contribution is 0.280. The lowest BCUT2D eigenvalue weighted by Crippen LogP contribution is -2.21. The number of anilines is 1. The summed E-state index contributed by atoms with van der Waals surface area (Å²) in [7, 11) is 0. The van der Waals surface area contributed by atoms with Crippen LogP contribution < -0.4 is 5.32 Å². The van der Waals surface area contributed by atoms with Crippen molar-refractivity contribution in [2.75, 3.05) is 11.9 Å². The smallest absolute Gasteiger partial charge is 0.254 e. The average Bonchev–Trinajstić information content (AvgIpc) is 2.50. The van der Waals surface area contributed by atoms with E-state index in [2.05, 4.69) is 15.3 Å². The Balaban J connectivity index is 2.14. The van der Waals surface area contributed by atoms with Crippen LogP contribution in [0.5, 0.6) is 5.88 Å². The van der Waals surface area contributed by atoms with Gasteiger partial charge in [0.1, 0.15) is 5.82 Å². The Bertz CT molecular complexity index is 658. The number of hydrogen-bond acceptors (Lipinski definition) is 6. The van der Waals surface area contributed by atoms with Crippen LogP contribution in [0.4, 0.5) is 14.6 Å². The number of thioether (sulfide) groups is 1. The summed E-state index contributed by atoms with van der Waals surface area (Å²) in [6.07, 6.45) is 0. The zero-order chi connectivity index (χ0) is 16.1. The van der Waals surface area contributed by atoms with Gasteiger partial charge in [0, 0.05) is 11.8 Å². The topological polar surface area (TPSA) is 78.3 Å². The van der Waals surface area contributed by atoms with Crippen molar-refractivity contribution < 1.29 is 19.0 Å². The van der Waals surface area contributed by atoms with Crippen LogP contribution in [0.1, 0.15) is 12.5 Å². The fourth-order valence-electron chi connectivity index (χ4n) is 1.63. The summed E-state index contributed by atoms with van der Waals surface area (Å²) in [5, 5.41) is 21.3. The van der Waals surface area contributed by atoms with Crippen molar-refractivity contribution in [3.05, 3.63) is 41.5 Å². The van der Waals surface area contributed by atoms with Crippen LogP contribution in [0.15, 0.2) is 29.4 Å². The Morgan fingerprint density at radius 3 is 2.77 bits per heavy atom. The number of hydrogen-bond donors (Lipinski definition) is 3. The number of nitrogens with zero attached hydrogens (tertiary/aromatic N) is 2. The quantitative estimate of drug-likeness (QED) is 0.559. The van der Waals surface area contributed by atoms with Gasteiger partial charge in [-0.3, -0.25) is 0 Å². The molecular weight excluding hydrogens is 312 g/mol. The maximum atomic E-state index is 13.7. The summed E-state index contributed by atoms with van der Waals surface area (Å²) in [5.41, 5.74) is 0.718. The Morgan fingerprint density at radius 1 is 1.32 bits per heavy atom. The maximum absolute atomic E-state index is 13.7. The summed E-state index contributed by atoms with van der Waals surface area (Å²) in [6, 6.07) is 5.62. The minimum atomic E-state index is -0.976. The van der Waals surface area contributed by atoms with Gasteiger partial charge in [0.15, 0.2) is 11.0 Å². The largest absolute Gasteiger partial charge is 0.491 e. The zero-order valence-electron chi connectivity index (χ0n) is 11.8. The first-order chi connectivity index (χ1) is 10.5. The van der Waals surface area contributed by atoms with Gasteiger partial charge in [0.2, 0.25) is 5.82 Å². The first kappa shape index (κ1) is 16.4. The molecule has 0 spiro atoms. The standard InChI is InChI=1S/C14H15F2N3O2S/c1-8(6-20)17-12-11(16)13(21)19-14(18-12)22-7-9-3-2-4-10(15)5-9/h2-5,8,20H,6-7H2,1H3,(H2,17,18,19,21)/t8-/m1/s1. The van der Waals surface area contributed by atoms with Crippen molar-refractivity contribution in [2.45, 2.75) is 23.9 Å². The normalized spacial score (nSPS) is 12.2.